The van der Waals surface area contributed by atoms with Gasteiger partial charge in [0.05, 0.1) is 0 Å². The number of nitrogens with one attached hydrogen (secondary N) is 3. The summed E-state index contributed by atoms with van der Waals surface area (Å²) in [4.78, 5) is 0. The molecule has 6 heavy (non-hydrogen) atoms. The molecule has 3 nitrogen and oxygen atoms in total. The van der Waals surface area contributed by atoms with E-state index in [-0.39, 0.29) is 0 Å². The topological polar surface area (TPSA) is 36.1 Å². The van der Waals surface area contributed by atoms with E-state index in [2.05, 4.69) is 16.4 Å². The summed E-state index contributed by atoms with van der Waals surface area (Å²) in [5.74, 6) is 0. The molecular weight excluding hydrogens is 78.1 g/mol. The van der Waals surface area contributed by atoms with Crippen molar-refractivity contribution in [3.63, 3.8) is 0 Å². The van der Waals surface area contributed by atoms with Crippen LogP contribution in [0, 0.1) is 0 Å². The van der Waals surface area contributed by atoms with Crippen LogP contribution in [0.4, 0.5) is 0 Å². The molecule has 0 aromatic heterocycles. The molecule has 1 saturated heterocycles. The molecule has 0 aliphatic carbocycles. The van der Waals surface area contributed by atoms with Gasteiger partial charge in [-0.05, 0) is 6.42 Å². The summed E-state index contributed by atoms with van der Waals surface area (Å²) in [5.41, 5.74) is 8.63. The van der Waals surface area contributed by atoms with E-state index >= 15 is 0 Å². The third-order valence-electron chi connectivity index (χ3n) is 0.780. The first-order chi connectivity index (χ1) is 3.00. The average molecular weight is 87.1 g/mol. The first-order valence-electron chi connectivity index (χ1n) is 2.21. The molecule has 1 aliphatic heterocycles. The fourth-order valence-electron chi connectivity index (χ4n) is 0.453. The van der Waals surface area contributed by atoms with Gasteiger partial charge >= 0.3 is 0 Å². The minimum atomic E-state index is 1.08. The molecule has 0 saturated carbocycles. The molecule has 0 amide bonds. The van der Waals surface area contributed by atoms with Crippen LogP contribution in [0.5, 0.6) is 0 Å². The van der Waals surface area contributed by atoms with Gasteiger partial charge in [-0.2, -0.15) is 5.53 Å². The predicted octanol–water partition coefficient (Wildman–Crippen LogP) is -1.01. The van der Waals surface area contributed by atoms with Crippen LogP contribution in [0.25, 0.3) is 0 Å². The molecule has 0 atom stereocenters. The Labute approximate surface area is 37.1 Å². The van der Waals surface area contributed by atoms with Crippen LogP contribution in [-0.4, -0.2) is 13.1 Å². The Morgan fingerprint density at radius 1 is 1.00 bits per heavy atom. The van der Waals surface area contributed by atoms with Gasteiger partial charge in [-0.25, -0.2) is 10.9 Å². The molecule has 0 aromatic rings. The third kappa shape index (κ3) is 0.931. The summed E-state index contributed by atoms with van der Waals surface area (Å²) in [6.45, 7) is 2.15. The maximum Gasteiger partial charge on any atom is 0.0126 e. The van der Waals surface area contributed by atoms with Crippen molar-refractivity contribution in [3.05, 3.63) is 0 Å². The second kappa shape index (κ2) is 2.12. The molecule has 0 unspecified atom stereocenters. The summed E-state index contributed by atoms with van der Waals surface area (Å²) in [6, 6.07) is 0. The van der Waals surface area contributed by atoms with Gasteiger partial charge in [0.25, 0.3) is 0 Å². The quantitative estimate of drug-likeness (QED) is 0.354. The Bertz CT molecular complexity index is 21.5. The van der Waals surface area contributed by atoms with Crippen molar-refractivity contribution in [2.24, 2.45) is 0 Å². The van der Waals surface area contributed by atoms with E-state index in [4.69, 9.17) is 0 Å². The summed E-state index contributed by atoms with van der Waals surface area (Å²) in [7, 11) is 0. The zero-order chi connectivity index (χ0) is 4.24. The first-order valence-corrected chi connectivity index (χ1v) is 2.21. The number of hydrazine groups is 2. The second-order valence-corrected chi connectivity index (χ2v) is 1.33. The lowest BCUT2D eigenvalue weighted by atomic mass is 10.4. The molecule has 1 heterocycles. The number of hydrogen-bond donors (Lipinski definition) is 3. The van der Waals surface area contributed by atoms with E-state index in [9.17, 15) is 0 Å². The zero-order valence-corrected chi connectivity index (χ0v) is 3.62. The standard InChI is InChI=1S/C3H9N3/c1-2-4-6-5-3-1/h4-6H,1-3H2. The molecule has 1 fully saturated rings. The molecule has 1 rings (SSSR count). The van der Waals surface area contributed by atoms with Gasteiger partial charge in [0.15, 0.2) is 0 Å². The van der Waals surface area contributed by atoms with E-state index in [1.165, 1.54) is 6.42 Å². The Morgan fingerprint density at radius 3 is 1.83 bits per heavy atom. The van der Waals surface area contributed by atoms with Crippen LogP contribution < -0.4 is 16.4 Å². The molecule has 36 valence electrons. The molecule has 3 N–H and O–H groups in total. The zero-order valence-electron chi connectivity index (χ0n) is 3.62. The maximum absolute atomic E-state index is 2.92. The smallest absolute Gasteiger partial charge is 0.0126 e. The van der Waals surface area contributed by atoms with Crippen LogP contribution in [0.3, 0.4) is 0 Å². The summed E-state index contributed by atoms with van der Waals surface area (Å²) in [6.07, 6.45) is 1.22. The Kier molecular flexibility index (Phi) is 1.43. The first kappa shape index (κ1) is 4.05. The van der Waals surface area contributed by atoms with Crippen LogP contribution in [0.1, 0.15) is 6.42 Å². The van der Waals surface area contributed by atoms with Crippen LogP contribution >= 0.6 is 0 Å². The normalized spacial score (nSPS) is 24.0. The largest absolute Gasteiger partial charge is 0.244 e. The SMILES string of the molecule is C1CNNNC1. The van der Waals surface area contributed by atoms with Crippen molar-refractivity contribution in [1.82, 2.24) is 16.4 Å². The minimum Gasteiger partial charge on any atom is -0.244 e. The van der Waals surface area contributed by atoms with Crippen LogP contribution in [0.15, 0.2) is 0 Å². The van der Waals surface area contributed by atoms with E-state index in [0.717, 1.165) is 13.1 Å². The fourth-order valence-corrected chi connectivity index (χ4v) is 0.453. The fraction of sp³-hybridized carbons (Fsp3) is 1.00. The van der Waals surface area contributed by atoms with Crippen molar-refractivity contribution < 1.29 is 0 Å². The lowest BCUT2D eigenvalue weighted by Gasteiger charge is -2.12. The van der Waals surface area contributed by atoms with Crippen molar-refractivity contribution in [3.8, 4) is 0 Å². The molecule has 0 radical (unpaired) electrons. The highest BCUT2D eigenvalue weighted by molar-refractivity contribution is 4.47. The summed E-state index contributed by atoms with van der Waals surface area (Å²) < 4.78 is 0. The predicted molar refractivity (Wildman–Crippen MR) is 23.8 cm³/mol. The van der Waals surface area contributed by atoms with Gasteiger partial charge in [0.2, 0.25) is 0 Å². The second-order valence-electron chi connectivity index (χ2n) is 1.33. The molecule has 3 heteroatoms. The molecule has 0 aromatic carbocycles. The van der Waals surface area contributed by atoms with Gasteiger partial charge in [0, 0.05) is 13.1 Å². The highest BCUT2D eigenvalue weighted by atomic mass is 15.6. The van der Waals surface area contributed by atoms with Crippen molar-refractivity contribution >= 4 is 0 Å². The highest BCUT2D eigenvalue weighted by Gasteiger charge is 1.90. The van der Waals surface area contributed by atoms with Gasteiger partial charge in [-0.15, -0.1) is 0 Å². The highest BCUT2D eigenvalue weighted by Crippen LogP contribution is 1.71. The van der Waals surface area contributed by atoms with Gasteiger partial charge in [-0.1, -0.05) is 0 Å². The number of hydrogen-bond acceptors (Lipinski definition) is 3. The van der Waals surface area contributed by atoms with Gasteiger partial charge in [-0.3, -0.25) is 0 Å². The van der Waals surface area contributed by atoms with E-state index in [1.54, 1.807) is 0 Å². The van der Waals surface area contributed by atoms with Crippen molar-refractivity contribution in [2.75, 3.05) is 13.1 Å². The Balaban J connectivity index is 2.00. The Hall–Kier alpha value is -0.120. The number of rotatable bonds is 0. The minimum absolute atomic E-state index is 1.08. The van der Waals surface area contributed by atoms with Crippen LogP contribution in [0.2, 0.25) is 0 Å². The third-order valence-corrected chi connectivity index (χ3v) is 0.780. The van der Waals surface area contributed by atoms with Crippen molar-refractivity contribution in [1.29, 1.82) is 0 Å². The van der Waals surface area contributed by atoms with Crippen LogP contribution in [-0.2, 0) is 0 Å². The van der Waals surface area contributed by atoms with Crippen molar-refractivity contribution in [2.45, 2.75) is 6.42 Å². The van der Waals surface area contributed by atoms with Gasteiger partial charge in [0.1, 0.15) is 0 Å². The summed E-state index contributed by atoms with van der Waals surface area (Å²) in [5, 5.41) is 0. The molecule has 1 aliphatic rings. The average Bonchev–Trinajstić information content (AvgIpc) is 1.72. The van der Waals surface area contributed by atoms with E-state index in [0.29, 0.717) is 0 Å². The molecular formula is C3H9N3. The molecule has 0 bridgehead atoms. The lowest BCUT2D eigenvalue weighted by Crippen LogP contribution is -2.49. The van der Waals surface area contributed by atoms with Gasteiger partial charge < -0.3 is 0 Å². The summed E-state index contributed by atoms with van der Waals surface area (Å²) >= 11 is 0. The lowest BCUT2D eigenvalue weighted by molar-refractivity contribution is 0.372. The van der Waals surface area contributed by atoms with E-state index < -0.39 is 0 Å². The monoisotopic (exact) mass is 87.1 g/mol. The Morgan fingerprint density at radius 2 is 1.67 bits per heavy atom. The van der Waals surface area contributed by atoms with E-state index in [1.807, 2.05) is 0 Å². The maximum atomic E-state index is 2.92. The molecule has 0 spiro atoms.